The highest BCUT2D eigenvalue weighted by molar-refractivity contribution is 6.12. The van der Waals surface area contributed by atoms with Crippen molar-refractivity contribution in [3.63, 3.8) is 0 Å². The van der Waals surface area contributed by atoms with E-state index in [4.69, 9.17) is 9.97 Å². The van der Waals surface area contributed by atoms with Crippen LogP contribution in [0.4, 0.5) is 0 Å². The Morgan fingerprint density at radius 2 is 1.43 bits per heavy atom. The average Bonchev–Trinajstić information content (AvgIpc) is 3.57. The molecule has 0 bridgehead atoms. The lowest BCUT2D eigenvalue weighted by Gasteiger charge is -2.08. The predicted molar refractivity (Wildman–Crippen MR) is 140 cm³/mol. The molecular weight excluding hydrogens is 428 g/mol. The fraction of sp³-hybridized carbons (Fsp3) is 0.0645. The Morgan fingerprint density at radius 1 is 0.629 bits per heavy atom. The van der Waals surface area contributed by atoms with Crippen LogP contribution < -0.4 is 0 Å². The largest absolute Gasteiger partial charge is 0.290 e. The van der Waals surface area contributed by atoms with Gasteiger partial charge in [-0.25, -0.2) is 4.98 Å². The minimum atomic E-state index is 0.942. The van der Waals surface area contributed by atoms with Crippen LogP contribution in [0.15, 0.2) is 85.3 Å². The summed E-state index contributed by atoms with van der Waals surface area (Å²) in [5, 5.41) is 2.12. The van der Waals surface area contributed by atoms with Gasteiger partial charge < -0.3 is 0 Å². The number of nitrogens with zero attached hydrogens (tertiary/aromatic N) is 4. The highest BCUT2D eigenvalue weighted by atomic mass is 15.0. The smallest absolute Gasteiger partial charge is 0.148 e. The molecule has 4 heterocycles. The van der Waals surface area contributed by atoms with E-state index in [0.29, 0.717) is 0 Å². The summed E-state index contributed by atoms with van der Waals surface area (Å²) in [6, 6.07) is 24.5. The zero-order chi connectivity index (χ0) is 22.7. The first-order valence-corrected chi connectivity index (χ1v) is 12.0. The molecule has 0 spiro atoms. The Hall–Kier alpha value is -4.57. The lowest BCUT2D eigenvalue weighted by Crippen LogP contribution is -1.93. The van der Waals surface area contributed by atoms with Crippen molar-refractivity contribution in [2.45, 2.75) is 12.8 Å². The lowest BCUT2D eigenvalue weighted by molar-refractivity contribution is 1.24. The van der Waals surface area contributed by atoms with Gasteiger partial charge in [-0.15, -0.1) is 0 Å². The molecule has 7 aromatic rings. The van der Waals surface area contributed by atoms with Crippen molar-refractivity contribution in [3.05, 3.63) is 108 Å². The van der Waals surface area contributed by atoms with Gasteiger partial charge in [0.05, 0.1) is 22.1 Å². The van der Waals surface area contributed by atoms with Crippen LogP contribution in [0.5, 0.6) is 0 Å². The molecule has 0 amide bonds. The molecule has 0 saturated heterocycles. The van der Waals surface area contributed by atoms with E-state index in [1.807, 2.05) is 30.7 Å². The molecule has 4 aromatic heterocycles. The van der Waals surface area contributed by atoms with E-state index in [-0.39, 0.29) is 0 Å². The summed E-state index contributed by atoms with van der Waals surface area (Å²) in [6.45, 7) is 0. The van der Waals surface area contributed by atoms with E-state index < -0.39 is 0 Å². The SMILES string of the molecule is c1ccc2c(c1)Cc1cc3c(cc1-2)Cc1cc2c(cc1-3)nc1c3cnccc3c3ncccc3n21. The van der Waals surface area contributed by atoms with Gasteiger partial charge in [0.2, 0.25) is 0 Å². The van der Waals surface area contributed by atoms with Crippen molar-refractivity contribution in [3.8, 4) is 22.3 Å². The first-order chi connectivity index (χ1) is 17.3. The predicted octanol–water partition coefficient (Wildman–Crippen LogP) is 6.73. The van der Waals surface area contributed by atoms with Crippen LogP contribution >= 0.6 is 0 Å². The second kappa shape index (κ2) is 6.10. The van der Waals surface area contributed by atoms with Crippen molar-refractivity contribution < 1.29 is 0 Å². The third-order valence-corrected chi connectivity index (χ3v) is 7.91. The number of rotatable bonds is 0. The molecular formula is C31H18N4. The summed E-state index contributed by atoms with van der Waals surface area (Å²) in [7, 11) is 0. The Labute approximate surface area is 200 Å². The Morgan fingerprint density at radius 3 is 2.37 bits per heavy atom. The summed E-state index contributed by atoms with van der Waals surface area (Å²) in [6.07, 6.45) is 7.57. The van der Waals surface area contributed by atoms with Crippen LogP contribution in [-0.4, -0.2) is 19.4 Å². The number of imidazole rings is 1. The minimum Gasteiger partial charge on any atom is -0.290 e. The molecule has 9 rings (SSSR count). The normalized spacial score (nSPS) is 13.5. The third-order valence-electron chi connectivity index (χ3n) is 7.91. The van der Waals surface area contributed by atoms with Crippen molar-refractivity contribution in [2.75, 3.05) is 0 Å². The number of hydrogen-bond acceptors (Lipinski definition) is 3. The van der Waals surface area contributed by atoms with Gasteiger partial charge in [0, 0.05) is 29.4 Å². The molecule has 2 aliphatic carbocycles. The first-order valence-electron chi connectivity index (χ1n) is 12.0. The maximum absolute atomic E-state index is 5.14. The Balaban J connectivity index is 1.33. The van der Waals surface area contributed by atoms with E-state index >= 15 is 0 Å². The lowest BCUT2D eigenvalue weighted by atomic mass is 9.98. The molecule has 4 nitrogen and oxygen atoms in total. The highest BCUT2D eigenvalue weighted by Crippen LogP contribution is 2.46. The molecule has 0 atom stereocenters. The van der Waals surface area contributed by atoms with Crippen LogP contribution in [0.25, 0.3) is 60.7 Å². The molecule has 3 aromatic carbocycles. The van der Waals surface area contributed by atoms with E-state index in [2.05, 4.69) is 64.0 Å². The quantitative estimate of drug-likeness (QED) is 0.243. The monoisotopic (exact) mass is 446 g/mol. The van der Waals surface area contributed by atoms with Crippen molar-refractivity contribution in [2.24, 2.45) is 0 Å². The number of aromatic nitrogens is 4. The van der Waals surface area contributed by atoms with Crippen molar-refractivity contribution in [1.29, 1.82) is 0 Å². The summed E-state index contributed by atoms with van der Waals surface area (Å²) < 4.78 is 2.27. The van der Waals surface area contributed by atoms with Gasteiger partial charge in [0.25, 0.3) is 0 Å². The summed E-state index contributed by atoms with van der Waals surface area (Å²) >= 11 is 0. The second-order valence-corrected chi connectivity index (χ2v) is 9.74. The molecule has 2 aliphatic rings. The van der Waals surface area contributed by atoms with E-state index in [1.54, 1.807) is 0 Å². The molecule has 35 heavy (non-hydrogen) atoms. The first kappa shape index (κ1) is 17.8. The Kier molecular flexibility index (Phi) is 3.11. The van der Waals surface area contributed by atoms with Gasteiger partial charge in [-0.05, 0) is 99.8 Å². The molecule has 4 heteroatoms. The second-order valence-electron chi connectivity index (χ2n) is 9.74. The van der Waals surface area contributed by atoms with Gasteiger partial charge in [-0.3, -0.25) is 14.4 Å². The van der Waals surface area contributed by atoms with Gasteiger partial charge in [-0.2, -0.15) is 0 Å². The molecule has 0 saturated carbocycles. The van der Waals surface area contributed by atoms with E-state index in [0.717, 1.165) is 51.3 Å². The van der Waals surface area contributed by atoms with Crippen LogP contribution in [-0.2, 0) is 12.8 Å². The summed E-state index contributed by atoms with van der Waals surface area (Å²) in [5.41, 5.74) is 16.3. The van der Waals surface area contributed by atoms with Crippen LogP contribution in [0.1, 0.15) is 22.3 Å². The van der Waals surface area contributed by atoms with Crippen molar-refractivity contribution >= 4 is 38.5 Å². The highest BCUT2D eigenvalue weighted by Gasteiger charge is 2.26. The number of pyridine rings is 3. The van der Waals surface area contributed by atoms with Gasteiger partial charge in [0.1, 0.15) is 5.65 Å². The van der Waals surface area contributed by atoms with Crippen molar-refractivity contribution in [1.82, 2.24) is 19.4 Å². The Bertz CT molecular complexity index is 2070. The molecule has 162 valence electrons. The third kappa shape index (κ3) is 2.20. The van der Waals surface area contributed by atoms with E-state index in [1.165, 1.54) is 44.5 Å². The average molecular weight is 447 g/mol. The van der Waals surface area contributed by atoms with E-state index in [9.17, 15) is 0 Å². The van der Waals surface area contributed by atoms with Gasteiger partial charge >= 0.3 is 0 Å². The molecule has 0 unspecified atom stereocenters. The molecule has 0 N–H and O–H groups in total. The number of hydrogen-bond donors (Lipinski definition) is 0. The fourth-order valence-corrected chi connectivity index (χ4v) is 6.38. The fourth-order valence-electron chi connectivity index (χ4n) is 6.38. The van der Waals surface area contributed by atoms with Gasteiger partial charge in [0.15, 0.2) is 0 Å². The number of fused-ring (bicyclic) bond motifs is 14. The van der Waals surface area contributed by atoms with Crippen LogP contribution in [0.3, 0.4) is 0 Å². The topological polar surface area (TPSA) is 43.1 Å². The summed E-state index contributed by atoms with van der Waals surface area (Å²) in [5.74, 6) is 0. The standard InChI is InChI=1S/C31H18N4/c1-2-5-21-17(4-1)10-18-13-24-19(12-23(18)21)11-20-14-29-27(15-25(20)24)34-31-26-16-32-9-7-22(26)30-28(35(29)31)6-3-8-33-30/h1-9,12-16H,10-11H2. The van der Waals surface area contributed by atoms with Crippen LogP contribution in [0.2, 0.25) is 0 Å². The number of benzene rings is 3. The summed E-state index contributed by atoms with van der Waals surface area (Å²) in [4.78, 5) is 14.3. The minimum absolute atomic E-state index is 0.942. The van der Waals surface area contributed by atoms with Crippen LogP contribution in [0, 0.1) is 0 Å². The molecule has 0 fully saturated rings. The zero-order valence-electron chi connectivity index (χ0n) is 18.8. The molecule has 0 radical (unpaired) electrons. The maximum atomic E-state index is 5.14. The zero-order valence-corrected chi connectivity index (χ0v) is 18.8. The molecule has 0 aliphatic heterocycles. The van der Waals surface area contributed by atoms with Gasteiger partial charge in [-0.1, -0.05) is 24.3 Å². The maximum Gasteiger partial charge on any atom is 0.148 e.